The van der Waals surface area contributed by atoms with Gasteiger partial charge < -0.3 is 20.1 Å². The molecule has 6 nitrogen and oxygen atoms in total. The van der Waals surface area contributed by atoms with Crippen LogP contribution in [0.5, 0.6) is 0 Å². The average molecular weight is 503 g/mol. The molecule has 204 valence electrons. The summed E-state index contributed by atoms with van der Waals surface area (Å²) in [6, 6.07) is 0.00999. The van der Waals surface area contributed by atoms with Gasteiger partial charge in [-0.2, -0.15) is 0 Å². The number of hydrogen-bond donors (Lipinski definition) is 2. The molecule has 0 aromatic carbocycles. The van der Waals surface area contributed by atoms with Crippen molar-refractivity contribution < 1.29 is 19.4 Å². The highest BCUT2D eigenvalue weighted by molar-refractivity contribution is 5.88. The molecule has 6 heteroatoms. The standard InChI is InChI=1S/C30H50N2O4/c1-17(2)15-26(35)31-27-25(34)16-30(6)23-13-14-29(5)21(18(3)32(7)8)11-12-22(29)20(23)9-10-24(30)28(27)36-19(4)33/h15,18,20-25,27-28,34H,9-14,16H2,1-8H3,(H,31,35)/t18-,20-,21+,22-,23-,24-,25+,27-,28+,29+,30+/m0/s1. The van der Waals surface area contributed by atoms with Gasteiger partial charge in [-0.3, -0.25) is 9.59 Å². The first-order valence-corrected chi connectivity index (χ1v) is 14.3. The van der Waals surface area contributed by atoms with Crippen molar-refractivity contribution in [3.05, 3.63) is 11.6 Å². The third kappa shape index (κ3) is 4.66. The first kappa shape index (κ1) is 27.6. The van der Waals surface area contributed by atoms with Crippen molar-refractivity contribution in [2.75, 3.05) is 14.1 Å². The second kappa shape index (κ2) is 10.1. The molecule has 1 amide bonds. The highest BCUT2D eigenvalue weighted by Gasteiger charge is 2.64. The van der Waals surface area contributed by atoms with E-state index in [1.807, 2.05) is 13.8 Å². The molecule has 0 saturated heterocycles. The highest BCUT2D eigenvalue weighted by Crippen LogP contribution is 2.68. The molecule has 0 radical (unpaired) electrons. The fourth-order valence-corrected chi connectivity index (χ4v) is 9.56. The van der Waals surface area contributed by atoms with Crippen LogP contribution in [-0.4, -0.2) is 60.3 Å². The minimum atomic E-state index is -0.734. The number of allylic oxidation sites excluding steroid dienone is 1. The van der Waals surface area contributed by atoms with E-state index in [1.54, 1.807) is 6.08 Å². The van der Waals surface area contributed by atoms with Gasteiger partial charge in [-0.05, 0) is 114 Å². The maximum absolute atomic E-state index is 12.6. The Hall–Kier alpha value is -1.40. The Morgan fingerprint density at radius 3 is 2.25 bits per heavy atom. The van der Waals surface area contributed by atoms with E-state index in [2.05, 4.69) is 45.1 Å². The zero-order valence-electron chi connectivity index (χ0n) is 23.8. The van der Waals surface area contributed by atoms with Crippen molar-refractivity contribution in [1.82, 2.24) is 10.2 Å². The van der Waals surface area contributed by atoms with E-state index in [4.69, 9.17) is 4.74 Å². The molecule has 11 atom stereocenters. The fourth-order valence-electron chi connectivity index (χ4n) is 9.56. The molecule has 4 aliphatic carbocycles. The van der Waals surface area contributed by atoms with E-state index < -0.39 is 18.2 Å². The monoisotopic (exact) mass is 502 g/mol. The van der Waals surface area contributed by atoms with Crippen LogP contribution in [0.3, 0.4) is 0 Å². The molecule has 4 saturated carbocycles. The normalized spacial score (nSPS) is 44.6. The largest absolute Gasteiger partial charge is 0.460 e. The van der Waals surface area contributed by atoms with Gasteiger partial charge in [0, 0.05) is 25.0 Å². The van der Waals surface area contributed by atoms with E-state index in [1.165, 1.54) is 32.6 Å². The first-order valence-electron chi connectivity index (χ1n) is 14.3. The van der Waals surface area contributed by atoms with Gasteiger partial charge in [-0.25, -0.2) is 0 Å². The molecule has 0 aromatic heterocycles. The smallest absolute Gasteiger partial charge is 0.302 e. The SMILES string of the molecule is CC(=O)O[C@H]1[C@@H](NC(=O)C=C(C)C)[C@H](O)C[C@]2(C)[C@H]3CC[C@]4(C)[C@@H]([C@H](C)N(C)C)CC[C@H]4[C@@H]3CC[C@@H]12. The van der Waals surface area contributed by atoms with E-state index >= 15 is 0 Å². The molecule has 4 fully saturated rings. The molecular weight excluding hydrogens is 452 g/mol. The van der Waals surface area contributed by atoms with Crippen molar-refractivity contribution in [1.29, 1.82) is 0 Å². The zero-order chi connectivity index (χ0) is 26.6. The molecule has 2 N–H and O–H groups in total. The summed E-state index contributed by atoms with van der Waals surface area (Å²) in [5.41, 5.74) is 1.17. The van der Waals surface area contributed by atoms with Crippen LogP contribution in [0, 0.1) is 40.4 Å². The van der Waals surface area contributed by atoms with E-state index in [0.29, 0.717) is 29.7 Å². The van der Waals surface area contributed by atoms with Gasteiger partial charge in [0.1, 0.15) is 6.10 Å². The summed E-state index contributed by atoms with van der Waals surface area (Å²) in [7, 11) is 4.43. The van der Waals surface area contributed by atoms with Crippen LogP contribution in [0.15, 0.2) is 11.6 Å². The molecule has 4 aliphatic rings. The van der Waals surface area contributed by atoms with Gasteiger partial charge in [-0.15, -0.1) is 0 Å². The summed E-state index contributed by atoms with van der Waals surface area (Å²) in [6.45, 7) is 12.5. The van der Waals surface area contributed by atoms with Crippen molar-refractivity contribution in [2.45, 2.75) is 111 Å². The Labute approximate surface area is 218 Å². The number of ether oxygens (including phenoxy) is 1. The molecule has 0 aromatic rings. The van der Waals surface area contributed by atoms with Crippen molar-refractivity contribution in [3.63, 3.8) is 0 Å². The number of carbonyl (C=O) groups excluding carboxylic acids is 2. The summed E-state index contributed by atoms with van der Waals surface area (Å²) in [6.07, 6.45) is 8.13. The zero-order valence-corrected chi connectivity index (χ0v) is 23.8. The average Bonchev–Trinajstić information content (AvgIpc) is 3.11. The Morgan fingerprint density at radius 1 is 1.00 bits per heavy atom. The van der Waals surface area contributed by atoms with Gasteiger partial charge in [-0.1, -0.05) is 19.4 Å². The van der Waals surface area contributed by atoms with E-state index in [-0.39, 0.29) is 23.2 Å². The first-order chi connectivity index (χ1) is 16.8. The Kier molecular flexibility index (Phi) is 7.72. The third-order valence-corrected chi connectivity index (χ3v) is 11.3. The maximum Gasteiger partial charge on any atom is 0.302 e. The fraction of sp³-hybridized carbons (Fsp3) is 0.867. The quantitative estimate of drug-likeness (QED) is 0.426. The van der Waals surface area contributed by atoms with Crippen LogP contribution in [0.4, 0.5) is 0 Å². The minimum Gasteiger partial charge on any atom is -0.460 e. The van der Waals surface area contributed by atoms with Crippen LogP contribution in [0.2, 0.25) is 0 Å². The molecular formula is C30H50N2O4. The summed E-state index contributed by atoms with van der Waals surface area (Å²) >= 11 is 0. The predicted molar refractivity (Wildman–Crippen MR) is 142 cm³/mol. The van der Waals surface area contributed by atoms with E-state index in [0.717, 1.165) is 30.3 Å². The number of amides is 1. The summed E-state index contributed by atoms with van der Waals surface area (Å²) in [5.74, 6) is 2.20. The van der Waals surface area contributed by atoms with Crippen molar-refractivity contribution in [2.24, 2.45) is 40.4 Å². The molecule has 4 rings (SSSR count). The molecule has 0 heterocycles. The lowest BCUT2D eigenvalue weighted by Gasteiger charge is -2.63. The lowest BCUT2D eigenvalue weighted by molar-refractivity contribution is -0.196. The van der Waals surface area contributed by atoms with E-state index in [9.17, 15) is 14.7 Å². The lowest BCUT2D eigenvalue weighted by Crippen LogP contribution is -2.66. The van der Waals surface area contributed by atoms with Crippen LogP contribution in [-0.2, 0) is 14.3 Å². The van der Waals surface area contributed by atoms with Crippen LogP contribution >= 0.6 is 0 Å². The number of esters is 1. The van der Waals surface area contributed by atoms with Gasteiger partial charge >= 0.3 is 5.97 Å². The third-order valence-electron chi connectivity index (χ3n) is 11.3. The highest BCUT2D eigenvalue weighted by atomic mass is 16.5. The lowest BCUT2D eigenvalue weighted by atomic mass is 9.43. The van der Waals surface area contributed by atoms with Crippen molar-refractivity contribution in [3.8, 4) is 0 Å². The molecule has 0 unspecified atom stereocenters. The molecule has 36 heavy (non-hydrogen) atoms. The molecule has 0 spiro atoms. The van der Waals surface area contributed by atoms with Crippen molar-refractivity contribution >= 4 is 11.9 Å². The van der Waals surface area contributed by atoms with Crippen LogP contribution < -0.4 is 5.32 Å². The van der Waals surface area contributed by atoms with Gasteiger partial charge in [0.2, 0.25) is 5.91 Å². The number of rotatable bonds is 5. The molecule has 0 bridgehead atoms. The second-order valence-electron chi connectivity index (χ2n) is 13.6. The Balaban J connectivity index is 1.61. The van der Waals surface area contributed by atoms with Gasteiger partial charge in [0.25, 0.3) is 0 Å². The number of fused-ring (bicyclic) bond motifs is 5. The Bertz CT molecular complexity index is 882. The maximum atomic E-state index is 12.6. The number of nitrogens with one attached hydrogen (secondary N) is 1. The summed E-state index contributed by atoms with van der Waals surface area (Å²) in [4.78, 5) is 27.2. The summed E-state index contributed by atoms with van der Waals surface area (Å²) < 4.78 is 5.94. The number of carbonyl (C=O) groups is 2. The Morgan fingerprint density at radius 2 is 1.64 bits per heavy atom. The second-order valence-corrected chi connectivity index (χ2v) is 13.6. The number of aliphatic hydroxyl groups excluding tert-OH is 1. The number of aliphatic hydroxyl groups is 1. The predicted octanol–water partition coefficient (Wildman–Crippen LogP) is 4.56. The number of hydrogen-bond acceptors (Lipinski definition) is 5. The minimum absolute atomic E-state index is 0.104. The van der Waals surface area contributed by atoms with Crippen LogP contribution in [0.25, 0.3) is 0 Å². The molecule has 0 aliphatic heterocycles. The van der Waals surface area contributed by atoms with Gasteiger partial charge in [0.05, 0.1) is 12.1 Å². The van der Waals surface area contributed by atoms with Gasteiger partial charge in [0.15, 0.2) is 0 Å². The summed E-state index contributed by atoms with van der Waals surface area (Å²) in [5, 5.41) is 14.4. The topological polar surface area (TPSA) is 78.9 Å². The van der Waals surface area contributed by atoms with Crippen LogP contribution in [0.1, 0.15) is 86.5 Å². The number of nitrogens with zero attached hydrogens (tertiary/aromatic N) is 1.